The van der Waals surface area contributed by atoms with Crippen LogP contribution in [0.15, 0.2) is 28.8 Å². The summed E-state index contributed by atoms with van der Waals surface area (Å²) in [6, 6.07) is 2.62. The highest BCUT2D eigenvalue weighted by Gasteiger charge is 2.35. The monoisotopic (exact) mass is 358 g/mol. The van der Waals surface area contributed by atoms with E-state index in [1.54, 1.807) is 6.08 Å². The van der Waals surface area contributed by atoms with E-state index in [2.05, 4.69) is 15.9 Å². The zero-order chi connectivity index (χ0) is 15.6. The Kier molecular flexibility index (Phi) is 5.00. The van der Waals surface area contributed by atoms with E-state index in [9.17, 15) is 19.4 Å². The molecule has 0 amide bonds. The van der Waals surface area contributed by atoms with Gasteiger partial charge in [-0.2, -0.15) is 0 Å². The summed E-state index contributed by atoms with van der Waals surface area (Å²) in [4.78, 5) is 11.3. The van der Waals surface area contributed by atoms with Crippen molar-refractivity contribution in [2.75, 3.05) is 7.11 Å². The molecule has 1 aliphatic rings. The molecular weight excluding hydrogens is 343 g/mol. The summed E-state index contributed by atoms with van der Waals surface area (Å²) >= 11 is 3.07. The first-order valence-corrected chi connectivity index (χ1v) is 7.33. The molecule has 0 aromatic heterocycles. The van der Waals surface area contributed by atoms with Gasteiger partial charge in [-0.25, -0.2) is 4.39 Å². The van der Waals surface area contributed by atoms with Crippen LogP contribution >= 0.6 is 15.9 Å². The molecule has 21 heavy (non-hydrogen) atoms. The smallest absolute Gasteiger partial charge is 0.307 e. The maximum Gasteiger partial charge on any atom is 0.307 e. The van der Waals surface area contributed by atoms with Gasteiger partial charge >= 0.3 is 5.97 Å². The second-order valence-corrected chi connectivity index (χ2v) is 5.86. The number of carbonyl (C=O) groups is 1. The minimum absolute atomic E-state index is 0.204. The number of halogens is 2. The Morgan fingerprint density at radius 2 is 2.10 bits per heavy atom. The number of benzene rings is 1. The van der Waals surface area contributed by atoms with Gasteiger partial charge in [-0.05, 0) is 34.8 Å². The lowest BCUT2D eigenvalue weighted by molar-refractivity contribution is -0.145. The van der Waals surface area contributed by atoms with Crippen LogP contribution in [0.3, 0.4) is 0 Å². The van der Waals surface area contributed by atoms with Gasteiger partial charge in [0.2, 0.25) is 0 Å². The van der Waals surface area contributed by atoms with Gasteiger partial charge in [-0.1, -0.05) is 12.2 Å². The molecule has 1 aliphatic carbocycles. The number of hydrogen-bond acceptors (Lipinski definition) is 3. The summed E-state index contributed by atoms with van der Waals surface area (Å²) in [6.45, 7) is 0. The third kappa shape index (κ3) is 3.27. The third-order valence-electron chi connectivity index (χ3n) is 3.80. The third-order valence-corrected chi connectivity index (χ3v) is 4.40. The Hall–Kier alpha value is -1.40. The molecule has 0 aliphatic heterocycles. The second kappa shape index (κ2) is 6.58. The molecule has 0 saturated carbocycles. The van der Waals surface area contributed by atoms with Gasteiger partial charge in [0.25, 0.3) is 0 Å². The van der Waals surface area contributed by atoms with Gasteiger partial charge in [0, 0.05) is 17.5 Å². The minimum atomic E-state index is -1.04. The number of aliphatic hydroxyl groups is 1. The van der Waals surface area contributed by atoms with Gasteiger partial charge in [0.05, 0.1) is 23.6 Å². The first-order chi connectivity index (χ1) is 9.95. The van der Waals surface area contributed by atoms with Crippen molar-refractivity contribution in [2.24, 2.45) is 11.8 Å². The zero-order valence-corrected chi connectivity index (χ0v) is 13.0. The first kappa shape index (κ1) is 16.0. The molecule has 2 N–H and O–H groups in total. The van der Waals surface area contributed by atoms with Crippen LogP contribution in [0.25, 0.3) is 0 Å². The molecule has 0 radical (unpaired) electrons. The number of ether oxygens (including phenoxy) is 1. The fourth-order valence-corrected chi connectivity index (χ4v) is 3.01. The van der Waals surface area contributed by atoms with E-state index in [0.29, 0.717) is 18.4 Å². The minimum Gasteiger partial charge on any atom is -0.496 e. The number of hydrogen-bond donors (Lipinski definition) is 2. The van der Waals surface area contributed by atoms with E-state index < -0.39 is 29.7 Å². The topological polar surface area (TPSA) is 66.8 Å². The van der Waals surface area contributed by atoms with Gasteiger partial charge in [0.15, 0.2) is 0 Å². The summed E-state index contributed by atoms with van der Waals surface area (Å²) in [6.07, 6.45) is 3.46. The normalized spacial score (nSPS) is 22.9. The molecule has 4 nitrogen and oxygen atoms in total. The van der Waals surface area contributed by atoms with Gasteiger partial charge in [0.1, 0.15) is 11.6 Å². The van der Waals surface area contributed by atoms with Crippen molar-refractivity contribution in [1.29, 1.82) is 0 Å². The van der Waals surface area contributed by atoms with Crippen LogP contribution in [-0.4, -0.2) is 23.3 Å². The Morgan fingerprint density at radius 3 is 2.71 bits per heavy atom. The molecule has 0 fully saturated rings. The van der Waals surface area contributed by atoms with Crippen molar-refractivity contribution in [3.8, 4) is 5.75 Å². The molecule has 1 aromatic rings. The largest absolute Gasteiger partial charge is 0.496 e. The Morgan fingerprint density at radius 1 is 1.43 bits per heavy atom. The number of aliphatic hydroxyl groups excluding tert-OH is 1. The zero-order valence-electron chi connectivity index (χ0n) is 11.4. The summed E-state index contributed by atoms with van der Waals surface area (Å²) in [5.41, 5.74) is 0.386. The summed E-state index contributed by atoms with van der Waals surface area (Å²) in [7, 11) is 1.38. The molecule has 0 saturated heterocycles. The van der Waals surface area contributed by atoms with E-state index in [1.807, 2.05) is 6.08 Å². The van der Waals surface area contributed by atoms with Crippen LogP contribution < -0.4 is 4.74 Å². The van der Waals surface area contributed by atoms with Crippen molar-refractivity contribution >= 4 is 21.9 Å². The molecule has 0 bridgehead atoms. The standard InChI is InChI=1S/C15H16BrFO4/c1-21-13-7-12(17)11(16)6-10(13)14(18)8-4-2-3-5-9(8)15(19)20/h2-3,6-9,14,18H,4-5H2,1H3,(H,19,20). The van der Waals surface area contributed by atoms with Crippen molar-refractivity contribution < 1.29 is 24.1 Å². The summed E-state index contributed by atoms with van der Waals surface area (Å²) in [5, 5.41) is 19.9. The molecule has 6 heteroatoms. The van der Waals surface area contributed by atoms with E-state index in [1.165, 1.54) is 19.2 Å². The summed E-state index contributed by atoms with van der Waals surface area (Å²) in [5.74, 6) is -2.37. The first-order valence-electron chi connectivity index (χ1n) is 6.54. The molecule has 1 aromatic carbocycles. The van der Waals surface area contributed by atoms with Crippen LogP contribution in [0.5, 0.6) is 5.75 Å². The number of aliphatic carboxylic acids is 1. The maximum atomic E-state index is 13.5. The molecule has 0 spiro atoms. The molecule has 2 rings (SSSR count). The van der Waals surface area contributed by atoms with Crippen LogP contribution in [0.4, 0.5) is 4.39 Å². The maximum absolute atomic E-state index is 13.5. The van der Waals surface area contributed by atoms with E-state index in [0.717, 1.165) is 0 Å². The van der Waals surface area contributed by atoms with Crippen LogP contribution in [-0.2, 0) is 4.79 Å². The highest BCUT2D eigenvalue weighted by Crippen LogP contribution is 2.40. The lowest BCUT2D eigenvalue weighted by Crippen LogP contribution is -2.30. The van der Waals surface area contributed by atoms with Crippen molar-refractivity contribution in [1.82, 2.24) is 0 Å². The SMILES string of the molecule is COc1cc(F)c(Br)cc1C(O)C1CC=CCC1C(=O)O. The fraction of sp³-hybridized carbons (Fsp3) is 0.400. The lowest BCUT2D eigenvalue weighted by atomic mass is 9.77. The number of carboxylic acid groups (broad SMARTS) is 1. The predicted molar refractivity (Wildman–Crippen MR) is 78.6 cm³/mol. The van der Waals surface area contributed by atoms with Gasteiger partial charge < -0.3 is 14.9 Å². The number of allylic oxidation sites excluding steroid dienone is 2. The fourth-order valence-electron chi connectivity index (χ4n) is 2.65. The molecular formula is C15H16BrFO4. The van der Waals surface area contributed by atoms with Crippen molar-refractivity contribution in [2.45, 2.75) is 18.9 Å². The predicted octanol–water partition coefficient (Wildman–Crippen LogP) is 3.30. The van der Waals surface area contributed by atoms with Crippen LogP contribution in [0, 0.1) is 17.7 Å². The number of carboxylic acids is 1. The highest BCUT2D eigenvalue weighted by atomic mass is 79.9. The van der Waals surface area contributed by atoms with Gasteiger partial charge in [-0.3, -0.25) is 4.79 Å². The van der Waals surface area contributed by atoms with Gasteiger partial charge in [-0.15, -0.1) is 0 Å². The number of methoxy groups -OCH3 is 1. The summed E-state index contributed by atoms with van der Waals surface area (Å²) < 4.78 is 18.8. The highest BCUT2D eigenvalue weighted by molar-refractivity contribution is 9.10. The average Bonchev–Trinajstić information content (AvgIpc) is 2.48. The number of rotatable bonds is 4. The Bertz CT molecular complexity index is 573. The molecule has 114 valence electrons. The molecule has 3 atom stereocenters. The van der Waals surface area contributed by atoms with E-state index in [4.69, 9.17) is 4.74 Å². The van der Waals surface area contributed by atoms with E-state index >= 15 is 0 Å². The Balaban J connectivity index is 2.38. The molecule has 0 heterocycles. The lowest BCUT2D eigenvalue weighted by Gasteiger charge is -2.30. The molecule has 3 unspecified atom stereocenters. The second-order valence-electron chi connectivity index (χ2n) is 5.00. The van der Waals surface area contributed by atoms with Crippen LogP contribution in [0.1, 0.15) is 24.5 Å². The van der Waals surface area contributed by atoms with Crippen molar-refractivity contribution in [3.05, 3.63) is 40.1 Å². The Labute approximate surface area is 130 Å². The van der Waals surface area contributed by atoms with E-state index in [-0.39, 0.29) is 10.2 Å². The quantitative estimate of drug-likeness (QED) is 0.810. The van der Waals surface area contributed by atoms with Crippen LogP contribution in [0.2, 0.25) is 0 Å². The van der Waals surface area contributed by atoms with Crippen molar-refractivity contribution in [3.63, 3.8) is 0 Å². The average molecular weight is 359 g/mol.